The van der Waals surface area contributed by atoms with Crippen LogP contribution in [0.2, 0.25) is 5.02 Å². The van der Waals surface area contributed by atoms with E-state index in [1.807, 2.05) is 31.4 Å². The second-order valence-corrected chi connectivity index (χ2v) is 6.43. The molecule has 1 unspecified atom stereocenters. The molecule has 0 saturated heterocycles. The molecule has 2 rings (SSSR count). The third-order valence-corrected chi connectivity index (χ3v) is 4.27. The summed E-state index contributed by atoms with van der Waals surface area (Å²) in [5.74, 6) is 0. The Balaban J connectivity index is 2.27. The van der Waals surface area contributed by atoms with Gasteiger partial charge in [0.15, 0.2) is 0 Å². The Labute approximate surface area is 134 Å². The molecule has 19 heavy (non-hydrogen) atoms. The normalized spacial score (nSPS) is 12.4. The van der Waals surface area contributed by atoms with E-state index in [9.17, 15) is 0 Å². The van der Waals surface area contributed by atoms with Crippen LogP contribution in [0.4, 0.5) is 0 Å². The van der Waals surface area contributed by atoms with E-state index >= 15 is 0 Å². The highest BCUT2D eigenvalue weighted by atomic mass is 79.9. The first-order chi connectivity index (χ1) is 9.10. The zero-order chi connectivity index (χ0) is 13.8. The number of halogens is 3. The number of aromatic nitrogens is 1. The van der Waals surface area contributed by atoms with Gasteiger partial charge >= 0.3 is 0 Å². The van der Waals surface area contributed by atoms with Gasteiger partial charge in [0.05, 0.1) is 0 Å². The molecule has 0 aliphatic heterocycles. The van der Waals surface area contributed by atoms with E-state index in [0.29, 0.717) is 0 Å². The summed E-state index contributed by atoms with van der Waals surface area (Å²) < 4.78 is 2.05. The minimum atomic E-state index is 0.184. The number of pyridine rings is 1. The molecule has 1 heterocycles. The van der Waals surface area contributed by atoms with Crippen LogP contribution in [-0.4, -0.2) is 12.0 Å². The van der Waals surface area contributed by atoms with Crippen LogP contribution in [0.25, 0.3) is 0 Å². The number of hydrogen-bond acceptors (Lipinski definition) is 2. The topological polar surface area (TPSA) is 24.9 Å². The van der Waals surface area contributed by atoms with E-state index in [0.717, 1.165) is 26.0 Å². The van der Waals surface area contributed by atoms with E-state index in [1.165, 1.54) is 5.56 Å². The van der Waals surface area contributed by atoms with Gasteiger partial charge in [-0.3, -0.25) is 4.98 Å². The molecular formula is C14H13Br2ClN2. The lowest BCUT2D eigenvalue weighted by molar-refractivity contribution is 0.588. The molecule has 0 aliphatic rings. The van der Waals surface area contributed by atoms with Crippen molar-refractivity contribution in [1.29, 1.82) is 0 Å². The maximum atomic E-state index is 6.08. The van der Waals surface area contributed by atoms with E-state index in [4.69, 9.17) is 11.6 Å². The molecule has 0 saturated carbocycles. The van der Waals surface area contributed by atoms with Gasteiger partial charge in [-0.1, -0.05) is 27.5 Å². The molecule has 2 nitrogen and oxygen atoms in total. The van der Waals surface area contributed by atoms with E-state index < -0.39 is 0 Å². The molecule has 2 aromatic rings. The number of hydrogen-bond donors (Lipinski definition) is 1. The van der Waals surface area contributed by atoms with Crippen molar-refractivity contribution in [3.8, 4) is 0 Å². The second-order valence-electron chi connectivity index (χ2n) is 4.22. The fourth-order valence-corrected chi connectivity index (χ4v) is 3.07. The summed E-state index contributed by atoms with van der Waals surface area (Å²) >= 11 is 13.1. The zero-order valence-electron chi connectivity index (χ0n) is 10.3. The lowest BCUT2D eigenvalue weighted by Crippen LogP contribution is -2.19. The van der Waals surface area contributed by atoms with E-state index in [1.54, 1.807) is 6.20 Å². The van der Waals surface area contributed by atoms with Crippen LogP contribution in [0.1, 0.15) is 17.2 Å². The number of nitrogens with zero attached hydrogens (tertiary/aromatic N) is 1. The van der Waals surface area contributed by atoms with Crippen molar-refractivity contribution < 1.29 is 0 Å². The van der Waals surface area contributed by atoms with Gasteiger partial charge in [-0.05, 0) is 64.8 Å². The van der Waals surface area contributed by atoms with Crippen molar-refractivity contribution in [2.45, 2.75) is 12.5 Å². The van der Waals surface area contributed by atoms with Crippen LogP contribution in [0.3, 0.4) is 0 Å². The van der Waals surface area contributed by atoms with Crippen LogP contribution >= 0.6 is 43.5 Å². The molecular weight excluding hydrogens is 391 g/mol. The average molecular weight is 405 g/mol. The van der Waals surface area contributed by atoms with Gasteiger partial charge < -0.3 is 5.32 Å². The van der Waals surface area contributed by atoms with Crippen molar-refractivity contribution in [3.05, 3.63) is 61.8 Å². The number of likely N-dealkylation sites (N-methyl/N-ethyl adjacent to an activating group) is 1. The van der Waals surface area contributed by atoms with Gasteiger partial charge in [0.25, 0.3) is 0 Å². The Morgan fingerprint density at radius 2 is 2.05 bits per heavy atom. The first kappa shape index (κ1) is 15.0. The highest BCUT2D eigenvalue weighted by Crippen LogP contribution is 2.29. The SMILES string of the molecule is CNC(Cc1cncc(Br)c1)c1cc(Cl)ccc1Br. The Morgan fingerprint density at radius 1 is 1.26 bits per heavy atom. The molecule has 1 aromatic carbocycles. The monoisotopic (exact) mass is 402 g/mol. The molecule has 5 heteroatoms. The van der Waals surface area contributed by atoms with Gasteiger partial charge in [-0.25, -0.2) is 0 Å². The summed E-state index contributed by atoms with van der Waals surface area (Å²) in [5, 5.41) is 4.06. The van der Waals surface area contributed by atoms with Crippen molar-refractivity contribution in [2.75, 3.05) is 7.05 Å². The lowest BCUT2D eigenvalue weighted by atomic mass is 10.00. The van der Waals surface area contributed by atoms with E-state index in [2.05, 4.69) is 48.2 Å². The van der Waals surface area contributed by atoms with Gasteiger partial charge in [0, 0.05) is 32.4 Å². The minimum Gasteiger partial charge on any atom is -0.313 e. The molecule has 1 aromatic heterocycles. The Morgan fingerprint density at radius 3 is 2.74 bits per heavy atom. The minimum absolute atomic E-state index is 0.184. The Hall–Kier alpha value is -0.420. The first-order valence-electron chi connectivity index (χ1n) is 5.82. The van der Waals surface area contributed by atoms with Crippen LogP contribution in [0.15, 0.2) is 45.6 Å². The smallest absolute Gasteiger partial charge is 0.0410 e. The van der Waals surface area contributed by atoms with Crippen LogP contribution in [0.5, 0.6) is 0 Å². The molecule has 100 valence electrons. The predicted molar refractivity (Wildman–Crippen MR) is 86.6 cm³/mol. The molecule has 0 fully saturated rings. The first-order valence-corrected chi connectivity index (χ1v) is 7.78. The summed E-state index contributed by atoms with van der Waals surface area (Å²) in [5.41, 5.74) is 2.32. The quantitative estimate of drug-likeness (QED) is 0.795. The molecule has 0 spiro atoms. The summed E-state index contributed by atoms with van der Waals surface area (Å²) in [7, 11) is 1.95. The molecule has 0 bridgehead atoms. The second kappa shape index (κ2) is 6.84. The molecule has 0 aliphatic carbocycles. The van der Waals surface area contributed by atoms with Crippen LogP contribution < -0.4 is 5.32 Å². The highest BCUT2D eigenvalue weighted by molar-refractivity contribution is 9.10. The van der Waals surface area contributed by atoms with Crippen molar-refractivity contribution in [2.24, 2.45) is 0 Å². The maximum Gasteiger partial charge on any atom is 0.0410 e. The summed E-state index contributed by atoms with van der Waals surface area (Å²) in [6, 6.07) is 8.10. The van der Waals surface area contributed by atoms with E-state index in [-0.39, 0.29) is 6.04 Å². The van der Waals surface area contributed by atoms with Crippen LogP contribution in [0, 0.1) is 0 Å². The van der Waals surface area contributed by atoms with Crippen LogP contribution in [-0.2, 0) is 6.42 Å². The standard InChI is InChI=1S/C14H13Br2ClN2/c1-18-14(5-9-4-10(15)8-19-7-9)12-6-11(17)2-3-13(12)16/h2-4,6-8,14,18H,5H2,1H3. The van der Waals surface area contributed by atoms with Crippen molar-refractivity contribution in [1.82, 2.24) is 10.3 Å². The number of rotatable bonds is 4. The maximum absolute atomic E-state index is 6.08. The summed E-state index contributed by atoms with van der Waals surface area (Å²) in [4.78, 5) is 4.19. The molecule has 1 N–H and O–H groups in total. The predicted octanol–water partition coefficient (Wildman–Crippen LogP) is 4.76. The summed E-state index contributed by atoms with van der Waals surface area (Å²) in [6.07, 6.45) is 4.52. The van der Waals surface area contributed by atoms with Gasteiger partial charge in [-0.2, -0.15) is 0 Å². The average Bonchev–Trinajstić information content (AvgIpc) is 2.39. The Kier molecular flexibility index (Phi) is 5.39. The zero-order valence-corrected chi connectivity index (χ0v) is 14.3. The molecule has 1 atom stereocenters. The van der Waals surface area contributed by atoms with Crippen molar-refractivity contribution in [3.63, 3.8) is 0 Å². The highest BCUT2D eigenvalue weighted by Gasteiger charge is 2.14. The molecule has 0 radical (unpaired) electrons. The van der Waals surface area contributed by atoms with Gasteiger partial charge in [-0.15, -0.1) is 0 Å². The largest absolute Gasteiger partial charge is 0.313 e. The molecule has 0 amide bonds. The fourth-order valence-electron chi connectivity index (χ4n) is 1.95. The van der Waals surface area contributed by atoms with Crippen molar-refractivity contribution >= 4 is 43.5 Å². The summed E-state index contributed by atoms with van der Waals surface area (Å²) in [6.45, 7) is 0. The fraction of sp³-hybridized carbons (Fsp3) is 0.214. The Bertz CT molecular complexity index is 575. The third-order valence-electron chi connectivity index (χ3n) is 2.88. The van der Waals surface area contributed by atoms with Gasteiger partial charge in [0.2, 0.25) is 0 Å². The number of benzene rings is 1. The lowest BCUT2D eigenvalue weighted by Gasteiger charge is -2.18. The third kappa shape index (κ3) is 4.02. The van der Waals surface area contributed by atoms with Gasteiger partial charge in [0.1, 0.15) is 0 Å². The number of nitrogens with one attached hydrogen (secondary N) is 1.